The van der Waals surface area contributed by atoms with Crippen molar-refractivity contribution in [3.05, 3.63) is 23.8 Å². The third-order valence-corrected chi connectivity index (χ3v) is 4.30. The molecule has 0 radical (unpaired) electrons. The zero-order chi connectivity index (χ0) is 14.8. The number of hydrogen-bond donors (Lipinski definition) is 2. The number of hydrogen-bond acceptors (Lipinski definition) is 2. The van der Waals surface area contributed by atoms with E-state index in [1.54, 1.807) is 0 Å². The maximum absolute atomic E-state index is 12.8. The Balaban J connectivity index is 2.18. The Morgan fingerprint density at radius 2 is 2.00 bits per heavy atom. The summed E-state index contributed by atoms with van der Waals surface area (Å²) in [6, 6.07) is 5.77. The molecule has 3 heteroatoms. The second kappa shape index (κ2) is 5.86. The van der Waals surface area contributed by atoms with E-state index < -0.39 is 0 Å². The summed E-state index contributed by atoms with van der Waals surface area (Å²) in [6.07, 6.45) is 5.28. The molecule has 110 valence electrons. The highest BCUT2D eigenvalue weighted by molar-refractivity contribution is 5.98. The van der Waals surface area contributed by atoms with Crippen LogP contribution in [-0.4, -0.2) is 5.91 Å². The van der Waals surface area contributed by atoms with E-state index in [1.807, 2.05) is 25.1 Å². The molecule has 0 saturated heterocycles. The summed E-state index contributed by atoms with van der Waals surface area (Å²) in [5.41, 5.74) is 8.28. The van der Waals surface area contributed by atoms with Gasteiger partial charge in [-0.15, -0.1) is 0 Å². The monoisotopic (exact) mass is 274 g/mol. The van der Waals surface area contributed by atoms with Crippen molar-refractivity contribution in [3.63, 3.8) is 0 Å². The molecule has 1 aromatic carbocycles. The lowest BCUT2D eigenvalue weighted by atomic mass is 9.77. The second-order valence-corrected chi connectivity index (χ2v) is 6.63. The van der Waals surface area contributed by atoms with Gasteiger partial charge in [-0.25, -0.2) is 0 Å². The van der Waals surface area contributed by atoms with Crippen LogP contribution in [0.15, 0.2) is 18.2 Å². The van der Waals surface area contributed by atoms with Crippen LogP contribution >= 0.6 is 0 Å². The van der Waals surface area contributed by atoms with Crippen molar-refractivity contribution in [1.82, 2.24) is 0 Å². The molecule has 0 aliphatic heterocycles. The molecule has 1 fully saturated rings. The van der Waals surface area contributed by atoms with Gasteiger partial charge < -0.3 is 11.1 Å². The van der Waals surface area contributed by atoms with Crippen molar-refractivity contribution in [2.75, 3.05) is 11.1 Å². The van der Waals surface area contributed by atoms with E-state index in [9.17, 15) is 4.79 Å². The van der Waals surface area contributed by atoms with Gasteiger partial charge in [-0.05, 0) is 49.8 Å². The van der Waals surface area contributed by atoms with Gasteiger partial charge in [0.25, 0.3) is 0 Å². The summed E-state index contributed by atoms with van der Waals surface area (Å²) < 4.78 is 0. The normalized spacial score (nSPS) is 17.4. The predicted octanol–water partition coefficient (Wildman–Crippen LogP) is 4.12. The maximum Gasteiger partial charge on any atom is 0.230 e. The minimum atomic E-state index is -0.190. The van der Waals surface area contributed by atoms with Crippen molar-refractivity contribution < 1.29 is 4.79 Å². The number of carbonyl (C=O) groups is 1. The van der Waals surface area contributed by atoms with E-state index >= 15 is 0 Å². The Bertz CT molecular complexity index is 488. The minimum absolute atomic E-state index is 0.154. The molecule has 3 nitrogen and oxygen atoms in total. The molecule has 20 heavy (non-hydrogen) atoms. The standard InChI is InChI=1S/C17H26N2O/c1-12(2)11-17(8-4-5-9-17)16(20)19-15-10-13(3)6-7-14(15)18/h6-7,10,12H,4-5,8-9,11,18H2,1-3H3,(H,19,20). The van der Waals surface area contributed by atoms with Crippen molar-refractivity contribution in [2.24, 2.45) is 11.3 Å². The maximum atomic E-state index is 12.8. The Labute approximate surface area is 121 Å². The van der Waals surface area contributed by atoms with Crippen LogP contribution in [-0.2, 0) is 4.79 Å². The minimum Gasteiger partial charge on any atom is -0.397 e. The van der Waals surface area contributed by atoms with Gasteiger partial charge in [0.1, 0.15) is 0 Å². The van der Waals surface area contributed by atoms with E-state index in [0.717, 1.165) is 43.4 Å². The topological polar surface area (TPSA) is 55.1 Å². The number of anilines is 2. The number of nitrogen functional groups attached to an aromatic ring is 1. The van der Waals surface area contributed by atoms with E-state index in [2.05, 4.69) is 19.2 Å². The first-order chi connectivity index (χ1) is 9.43. The lowest BCUT2D eigenvalue weighted by molar-refractivity contribution is -0.126. The van der Waals surface area contributed by atoms with Crippen LogP contribution in [0.2, 0.25) is 0 Å². The average molecular weight is 274 g/mol. The molecular formula is C17H26N2O. The third kappa shape index (κ3) is 3.14. The SMILES string of the molecule is Cc1ccc(N)c(NC(=O)C2(CC(C)C)CCCC2)c1. The highest BCUT2D eigenvalue weighted by Gasteiger charge is 2.41. The van der Waals surface area contributed by atoms with E-state index in [4.69, 9.17) is 5.73 Å². The molecule has 0 atom stereocenters. The van der Waals surface area contributed by atoms with Gasteiger partial charge in [0, 0.05) is 5.41 Å². The quantitative estimate of drug-likeness (QED) is 0.811. The third-order valence-electron chi connectivity index (χ3n) is 4.30. The molecule has 0 aromatic heterocycles. The molecule has 0 unspecified atom stereocenters. The number of nitrogens with one attached hydrogen (secondary N) is 1. The van der Waals surface area contributed by atoms with Crippen molar-refractivity contribution >= 4 is 17.3 Å². The smallest absolute Gasteiger partial charge is 0.230 e. The number of carbonyl (C=O) groups excluding carboxylic acids is 1. The predicted molar refractivity (Wildman–Crippen MR) is 84.6 cm³/mol. The molecular weight excluding hydrogens is 248 g/mol. The fourth-order valence-corrected chi connectivity index (χ4v) is 3.39. The first-order valence-corrected chi connectivity index (χ1v) is 7.60. The lowest BCUT2D eigenvalue weighted by Gasteiger charge is -2.29. The fraction of sp³-hybridized carbons (Fsp3) is 0.588. The van der Waals surface area contributed by atoms with E-state index in [1.165, 1.54) is 0 Å². The molecule has 1 aliphatic rings. The molecule has 0 heterocycles. The summed E-state index contributed by atoms with van der Waals surface area (Å²) in [5, 5.41) is 3.08. The average Bonchev–Trinajstić information content (AvgIpc) is 2.82. The van der Waals surface area contributed by atoms with Crippen LogP contribution < -0.4 is 11.1 Å². The highest BCUT2D eigenvalue weighted by atomic mass is 16.2. The zero-order valence-electron chi connectivity index (χ0n) is 12.8. The van der Waals surface area contributed by atoms with E-state index in [0.29, 0.717) is 11.6 Å². The molecule has 1 amide bonds. The molecule has 0 bridgehead atoms. The molecule has 3 N–H and O–H groups in total. The van der Waals surface area contributed by atoms with Crippen LogP contribution in [0.1, 0.15) is 51.5 Å². The summed E-state index contributed by atoms with van der Waals surface area (Å²) in [7, 11) is 0. The Hall–Kier alpha value is -1.51. The number of rotatable bonds is 4. The molecule has 1 aliphatic carbocycles. The molecule has 0 spiro atoms. The van der Waals surface area contributed by atoms with Gasteiger partial charge in [0.15, 0.2) is 0 Å². The zero-order valence-corrected chi connectivity index (χ0v) is 12.8. The van der Waals surface area contributed by atoms with Crippen LogP contribution in [0.25, 0.3) is 0 Å². The van der Waals surface area contributed by atoms with Gasteiger partial charge in [-0.1, -0.05) is 32.8 Å². The van der Waals surface area contributed by atoms with Gasteiger partial charge >= 0.3 is 0 Å². The van der Waals surface area contributed by atoms with Crippen LogP contribution in [0.3, 0.4) is 0 Å². The lowest BCUT2D eigenvalue weighted by Crippen LogP contribution is -2.35. The summed E-state index contributed by atoms with van der Waals surface area (Å²) in [6.45, 7) is 6.39. The number of aryl methyl sites for hydroxylation is 1. The van der Waals surface area contributed by atoms with Crippen LogP contribution in [0, 0.1) is 18.3 Å². The molecule has 2 rings (SSSR count). The molecule has 1 aromatic rings. The van der Waals surface area contributed by atoms with Gasteiger partial charge in [0.2, 0.25) is 5.91 Å². The van der Waals surface area contributed by atoms with Crippen LogP contribution in [0.4, 0.5) is 11.4 Å². The van der Waals surface area contributed by atoms with E-state index in [-0.39, 0.29) is 11.3 Å². The van der Waals surface area contributed by atoms with Crippen molar-refractivity contribution in [2.45, 2.75) is 52.9 Å². The fourth-order valence-electron chi connectivity index (χ4n) is 3.39. The summed E-state index contributed by atoms with van der Waals surface area (Å²) in [4.78, 5) is 12.8. The number of nitrogens with two attached hydrogens (primary N) is 1. The Kier molecular flexibility index (Phi) is 4.36. The Morgan fingerprint density at radius 1 is 1.35 bits per heavy atom. The number of benzene rings is 1. The van der Waals surface area contributed by atoms with Gasteiger partial charge in [-0.2, -0.15) is 0 Å². The number of amides is 1. The van der Waals surface area contributed by atoms with Gasteiger partial charge in [-0.3, -0.25) is 4.79 Å². The Morgan fingerprint density at radius 3 is 2.60 bits per heavy atom. The van der Waals surface area contributed by atoms with Crippen molar-refractivity contribution in [1.29, 1.82) is 0 Å². The summed E-state index contributed by atoms with van der Waals surface area (Å²) in [5.74, 6) is 0.690. The first kappa shape index (κ1) is 14.9. The summed E-state index contributed by atoms with van der Waals surface area (Å²) >= 11 is 0. The van der Waals surface area contributed by atoms with Crippen LogP contribution in [0.5, 0.6) is 0 Å². The van der Waals surface area contributed by atoms with Gasteiger partial charge in [0.05, 0.1) is 11.4 Å². The molecule has 1 saturated carbocycles. The largest absolute Gasteiger partial charge is 0.397 e. The van der Waals surface area contributed by atoms with Crippen molar-refractivity contribution in [3.8, 4) is 0 Å². The highest BCUT2D eigenvalue weighted by Crippen LogP contribution is 2.44. The second-order valence-electron chi connectivity index (χ2n) is 6.63. The first-order valence-electron chi connectivity index (χ1n) is 7.60.